The molecule has 1 saturated heterocycles. The Hall–Kier alpha value is -3.82. The number of nitrogens with one attached hydrogen (secondary N) is 1. The summed E-state index contributed by atoms with van der Waals surface area (Å²) >= 11 is 0. The Morgan fingerprint density at radius 2 is 2.00 bits per heavy atom. The van der Waals surface area contributed by atoms with E-state index in [4.69, 9.17) is 5.73 Å². The summed E-state index contributed by atoms with van der Waals surface area (Å²) in [7, 11) is 1.79. The van der Waals surface area contributed by atoms with E-state index in [1.54, 1.807) is 17.8 Å². The van der Waals surface area contributed by atoms with E-state index in [0.29, 0.717) is 17.9 Å². The molecule has 6 nitrogen and oxygen atoms in total. The Kier molecular flexibility index (Phi) is 5.23. The van der Waals surface area contributed by atoms with Crippen LogP contribution in [0, 0.1) is 17.3 Å². The van der Waals surface area contributed by atoms with Crippen LogP contribution in [0.15, 0.2) is 65.7 Å². The van der Waals surface area contributed by atoms with Gasteiger partial charge in [-0.05, 0) is 58.9 Å². The molecule has 6 heteroatoms. The van der Waals surface area contributed by atoms with Gasteiger partial charge in [0.1, 0.15) is 5.56 Å². The van der Waals surface area contributed by atoms with Gasteiger partial charge in [-0.15, -0.1) is 0 Å². The number of nitrogens with two attached hydrogens (primary N) is 1. The van der Waals surface area contributed by atoms with E-state index in [2.05, 4.69) is 69.2 Å². The summed E-state index contributed by atoms with van der Waals surface area (Å²) in [6, 6.07) is 16.9. The molecule has 2 aliphatic rings. The zero-order valence-electron chi connectivity index (χ0n) is 19.9. The third-order valence-electron chi connectivity index (χ3n) is 7.91. The topological polar surface area (TPSA) is 79.9 Å². The van der Waals surface area contributed by atoms with Gasteiger partial charge in [0.2, 0.25) is 5.95 Å². The summed E-state index contributed by atoms with van der Waals surface area (Å²) < 4.78 is 1.64. The van der Waals surface area contributed by atoms with Crippen molar-refractivity contribution in [3.05, 3.63) is 93.5 Å². The molecule has 4 aromatic rings. The minimum absolute atomic E-state index is 0.0768. The molecule has 1 spiro atoms. The Labute approximate surface area is 204 Å². The van der Waals surface area contributed by atoms with Crippen molar-refractivity contribution in [3.63, 3.8) is 0 Å². The van der Waals surface area contributed by atoms with E-state index in [1.165, 1.54) is 16.5 Å². The third-order valence-corrected chi connectivity index (χ3v) is 7.91. The van der Waals surface area contributed by atoms with Crippen LogP contribution < -0.4 is 16.2 Å². The van der Waals surface area contributed by atoms with Gasteiger partial charge in [0.25, 0.3) is 5.56 Å². The second kappa shape index (κ2) is 8.44. The minimum atomic E-state index is -0.104. The SMILES string of the molecule is Cn1c(N2CCC3(CC2)Cc2ccccc2[C@H]3N)ncc(C#CCc2ccc3cc[nH]c3c2)c1=O. The number of hydrogen-bond donors (Lipinski definition) is 2. The summed E-state index contributed by atoms with van der Waals surface area (Å²) in [5.74, 6) is 6.89. The average Bonchev–Trinajstić information content (AvgIpc) is 3.45. The van der Waals surface area contributed by atoms with Gasteiger partial charge < -0.3 is 15.6 Å². The molecule has 0 saturated carbocycles. The number of nitrogens with zero attached hydrogens (tertiary/aromatic N) is 3. The standard InChI is InChI=1S/C29H29N5O/c1-33-27(35)23(7-4-5-20-9-10-21-11-14-31-25(21)17-20)19-32-28(33)34-15-12-29(13-16-34)18-22-6-2-3-8-24(22)26(29)30/h2-3,6,8-11,14,17,19,26,31H,5,12-13,15-16,18,30H2,1H3/t26-/m1/s1. The predicted molar refractivity (Wildman–Crippen MR) is 139 cm³/mol. The lowest BCUT2D eigenvalue weighted by molar-refractivity contribution is 0.186. The summed E-state index contributed by atoms with van der Waals surface area (Å²) in [5, 5.41) is 1.18. The average molecular weight is 464 g/mol. The molecule has 0 radical (unpaired) electrons. The first-order chi connectivity index (χ1) is 17.0. The Balaban J connectivity index is 1.16. The molecule has 1 aliphatic heterocycles. The van der Waals surface area contributed by atoms with Crippen LogP contribution in [0.1, 0.15) is 41.1 Å². The lowest BCUT2D eigenvalue weighted by Gasteiger charge is -2.42. The number of hydrogen-bond acceptors (Lipinski definition) is 4. The number of H-pyrrole nitrogens is 1. The van der Waals surface area contributed by atoms with Gasteiger partial charge in [0.15, 0.2) is 0 Å². The fraction of sp³-hybridized carbons (Fsp3) is 0.310. The lowest BCUT2D eigenvalue weighted by atomic mass is 9.73. The predicted octanol–water partition coefficient (Wildman–Crippen LogP) is 3.70. The largest absolute Gasteiger partial charge is 0.361 e. The van der Waals surface area contributed by atoms with Crippen LogP contribution in [-0.2, 0) is 19.9 Å². The van der Waals surface area contributed by atoms with Crippen molar-refractivity contribution in [2.45, 2.75) is 31.7 Å². The maximum absolute atomic E-state index is 13.0. The van der Waals surface area contributed by atoms with Crippen LogP contribution in [0.2, 0.25) is 0 Å². The maximum Gasteiger partial charge on any atom is 0.270 e. The Morgan fingerprint density at radius 1 is 1.17 bits per heavy atom. The van der Waals surface area contributed by atoms with Crippen LogP contribution >= 0.6 is 0 Å². The molecule has 1 aliphatic carbocycles. The highest BCUT2D eigenvalue weighted by molar-refractivity contribution is 5.79. The van der Waals surface area contributed by atoms with Crippen molar-refractivity contribution in [2.24, 2.45) is 18.2 Å². The highest BCUT2D eigenvalue weighted by Gasteiger charge is 2.46. The summed E-state index contributed by atoms with van der Waals surface area (Å²) in [5.41, 5.74) is 12.0. The second-order valence-corrected chi connectivity index (χ2v) is 9.92. The van der Waals surface area contributed by atoms with Crippen LogP contribution in [0.4, 0.5) is 5.95 Å². The number of fused-ring (bicyclic) bond motifs is 2. The minimum Gasteiger partial charge on any atom is -0.361 e. The van der Waals surface area contributed by atoms with E-state index < -0.39 is 0 Å². The molecule has 6 rings (SSSR count). The first-order valence-electron chi connectivity index (χ1n) is 12.2. The molecule has 0 unspecified atom stereocenters. The summed E-state index contributed by atoms with van der Waals surface area (Å²) in [6.07, 6.45) is 7.16. The van der Waals surface area contributed by atoms with Crippen LogP contribution in [0.25, 0.3) is 10.9 Å². The molecule has 3 N–H and O–H groups in total. The first kappa shape index (κ1) is 21.7. The van der Waals surface area contributed by atoms with Crippen molar-refractivity contribution >= 4 is 16.9 Å². The van der Waals surface area contributed by atoms with Crippen molar-refractivity contribution in [3.8, 4) is 11.8 Å². The fourth-order valence-electron chi connectivity index (χ4n) is 5.82. The van der Waals surface area contributed by atoms with Crippen molar-refractivity contribution in [1.82, 2.24) is 14.5 Å². The molecule has 176 valence electrons. The van der Waals surface area contributed by atoms with E-state index in [9.17, 15) is 4.79 Å². The van der Waals surface area contributed by atoms with Crippen molar-refractivity contribution < 1.29 is 0 Å². The van der Waals surface area contributed by atoms with E-state index in [1.807, 2.05) is 12.3 Å². The number of aromatic nitrogens is 3. The normalized spacial score (nSPS) is 18.5. The van der Waals surface area contributed by atoms with Crippen LogP contribution in [-0.4, -0.2) is 27.6 Å². The molecule has 0 bridgehead atoms. The van der Waals surface area contributed by atoms with Gasteiger partial charge in [-0.2, -0.15) is 0 Å². The molecule has 35 heavy (non-hydrogen) atoms. The Bertz CT molecular complexity index is 1530. The molecular formula is C29H29N5O. The quantitative estimate of drug-likeness (QED) is 0.444. The molecule has 2 aromatic heterocycles. The lowest BCUT2D eigenvalue weighted by Crippen LogP contribution is -2.46. The van der Waals surface area contributed by atoms with Gasteiger partial charge in [-0.3, -0.25) is 9.36 Å². The second-order valence-electron chi connectivity index (χ2n) is 9.92. The first-order valence-corrected chi connectivity index (χ1v) is 12.2. The van der Waals surface area contributed by atoms with Crippen molar-refractivity contribution in [1.29, 1.82) is 0 Å². The summed E-state index contributed by atoms with van der Waals surface area (Å²) in [4.78, 5) is 23.1. The molecule has 3 heterocycles. The van der Waals surface area contributed by atoms with Crippen molar-refractivity contribution in [2.75, 3.05) is 18.0 Å². The number of piperidine rings is 1. The molecule has 1 fully saturated rings. The van der Waals surface area contributed by atoms with Gasteiger partial charge in [0.05, 0.1) is 6.20 Å². The van der Waals surface area contributed by atoms with Gasteiger partial charge in [-0.1, -0.05) is 48.2 Å². The molecule has 1 atom stereocenters. The van der Waals surface area contributed by atoms with E-state index >= 15 is 0 Å². The highest BCUT2D eigenvalue weighted by atomic mass is 16.1. The maximum atomic E-state index is 13.0. The van der Waals surface area contributed by atoms with Gasteiger partial charge in [0, 0.05) is 44.3 Å². The monoisotopic (exact) mass is 463 g/mol. The zero-order chi connectivity index (χ0) is 24.0. The van der Waals surface area contributed by atoms with Crippen LogP contribution in [0.3, 0.4) is 0 Å². The van der Waals surface area contributed by atoms with Gasteiger partial charge >= 0.3 is 0 Å². The molecular weight excluding hydrogens is 434 g/mol. The third kappa shape index (κ3) is 3.73. The molecule has 2 aromatic carbocycles. The molecule has 0 amide bonds. The zero-order valence-corrected chi connectivity index (χ0v) is 19.9. The van der Waals surface area contributed by atoms with Crippen LogP contribution in [0.5, 0.6) is 0 Å². The fourth-order valence-corrected chi connectivity index (χ4v) is 5.82. The Morgan fingerprint density at radius 3 is 2.83 bits per heavy atom. The number of aromatic amines is 1. The van der Waals surface area contributed by atoms with E-state index in [-0.39, 0.29) is 17.0 Å². The highest BCUT2D eigenvalue weighted by Crippen LogP contribution is 2.50. The smallest absolute Gasteiger partial charge is 0.270 e. The van der Waals surface area contributed by atoms with E-state index in [0.717, 1.165) is 43.4 Å². The number of anilines is 1. The summed E-state index contributed by atoms with van der Waals surface area (Å²) in [6.45, 7) is 1.68. The van der Waals surface area contributed by atoms with Gasteiger partial charge in [-0.25, -0.2) is 4.98 Å². The number of rotatable bonds is 2. The number of benzene rings is 2.